The fraction of sp³-hybridized carbons (Fsp3) is 0.571. The maximum absolute atomic E-state index is 12.9. The lowest BCUT2D eigenvalue weighted by Gasteiger charge is -2.29. The lowest BCUT2D eigenvalue weighted by molar-refractivity contribution is -0.136. The summed E-state index contributed by atoms with van der Waals surface area (Å²) in [6.45, 7) is 5.43. The summed E-state index contributed by atoms with van der Waals surface area (Å²) in [6, 6.07) is 5.81. The number of imide groups is 1. The number of carbonyl (C=O) groups is 3. The lowest BCUT2D eigenvalue weighted by Crippen LogP contribution is -2.52. The zero-order valence-electron chi connectivity index (χ0n) is 16.3. The number of nitrogens with zero attached hydrogens (tertiary/aromatic N) is 1. The molecule has 3 amide bonds. The minimum atomic E-state index is -0.561. The molecule has 0 spiro atoms. The second kappa shape index (κ2) is 8.01. The Kier molecular flexibility index (Phi) is 5.46. The van der Waals surface area contributed by atoms with Crippen molar-refractivity contribution in [3.8, 4) is 0 Å². The summed E-state index contributed by atoms with van der Waals surface area (Å²) in [5, 5.41) is 9.39. The second-order valence-electron chi connectivity index (χ2n) is 8.22. The topological polar surface area (TPSA) is 90.5 Å². The fourth-order valence-electron chi connectivity index (χ4n) is 4.65. The molecule has 28 heavy (non-hydrogen) atoms. The number of carbonyl (C=O) groups excluding carboxylic acids is 3. The molecule has 7 nitrogen and oxygen atoms in total. The predicted molar refractivity (Wildman–Crippen MR) is 104 cm³/mol. The molecule has 4 rings (SSSR count). The van der Waals surface area contributed by atoms with E-state index in [1.165, 1.54) is 12.8 Å². The van der Waals surface area contributed by atoms with E-state index in [0.717, 1.165) is 30.8 Å². The van der Waals surface area contributed by atoms with Crippen molar-refractivity contribution in [2.24, 2.45) is 5.92 Å². The van der Waals surface area contributed by atoms with Gasteiger partial charge in [-0.05, 0) is 62.4 Å². The number of fused-ring (bicyclic) bond motifs is 1. The summed E-state index contributed by atoms with van der Waals surface area (Å²) in [4.78, 5) is 38.1. The van der Waals surface area contributed by atoms with E-state index in [4.69, 9.17) is 0 Å². The summed E-state index contributed by atoms with van der Waals surface area (Å²) in [5.41, 5.74) is 2.80. The predicted octanol–water partition coefficient (Wildman–Crippen LogP) is 0.925. The van der Waals surface area contributed by atoms with Crippen LogP contribution in [0.5, 0.6) is 0 Å². The molecule has 3 unspecified atom stereocenters. The van der Waals surface area contributed by atoms with Crippen molar-refractivity contribution in [1.82, 2.24) is 20.9 Å². The first-order valence-electron chi connectivity index (χ1n) is 10.2. The van der Waals surface area contributed by atoms with Gasteiger partial charge in [-0.25, -0.2) is 0 Å². The van der Waals surface area contributed by atoms with Crippen LogP contribution in [0.1, 0.15) is 54.1 Å². The molecule has 1 aromatic carbocycles. The van der Waals surface area contributed by atoms with Crippen LogP contribution in [0.25, 0.3) is 0 Å². The first-order chi connectivity index (χ1) is 13.5. The van der Waals surface area contributed by atoms with Gasteiger partial charge in [0, 0.05) is 31.1 Å². The maximum Gasteiger partial charge on any atom is 0.255 e. The van der Waals surface area contributed by atoms with Crippen molar-refractivity contribution >= 4 is 17.7 Å². The molecule has 7 heteroatoms. The van der Waals surface area contributed by atoms with E-state index in [9.17, 15) is 14.4 Å². The fourth-order valence-corrected chi connectivity index (χ4v) is 4.65. The monoisotopic (exact) mass is 384 g/mol. The molecule has 1 aromatic rings. The minimum Gasteiger partial charge on any atom is -0.322 e. The zero-order valence-corrected chi connectivity index (χ0v) is 16.3. The number of amides is 3. The summed E-state index contributed by atoms with van der Waals surface area (Å²) in [5.74, 6) is -0.0622. The number of benzene rings is 1. The number of hydrogen-bond donors (Lipinski definition) is 3. The van der Waals surface area contributed by atoms with Crippen LogP contribution < -0.4 is 16.0 Å². The van der Waals surface area contributed by atoms with E-state index in [0.29, 0.717) is 30.5 Å². The van der Waals surface area contributed by atoms with E-state index >= 15 is 0 Å². The molecule has 0 bridgehead atoms. The Morgan fingerprint density at radius 3 is 2.86 bits per heavy atom. The van der Waals surface area contributed by atoms with Crippen LogP contribution in [0.15, 0.2) is 18.2 Å². The van der Waals surface area contributed by atoms with Crippen LogP contribution >= 0.6 is 0 Å². The molecule has 3 heterocycles. The second-order valence-corrected chi connectivity index (χ2v) is 8.22. The van der Waals surface area contributed by atoms with Crippen LogP contribution in [-0.2, 0) is 22.7 Å². The van der Waals surface area contributed by atoms with Crippen LogP contribution in [0.4, 0.5) is 0 Å². The molecule has 0 aromatic heterocycles. The van der Waals surface area contributed by atoms with Gasteiger partial charge >= 0.3 is 0 Å². The zero-order chi connectivity index (χ0) is 19.7. The summed E-state index contributed by atoms with van der Waals surface area (Å²) in [6.07, 6.45) is 3.04. The minimum absolute atomic E-state index is 0.112. The van der Waals surface area contributed by atoms with Crippen LogP contribution in [0.2, 0.25) is 0 Å². The van der Waals surface area contributed by atoms with Gasteiger partial charge in [0.2, 0.25) is 11.8 Å². The third-order valence-electron chi connectivity index (χ3n) is 6.16. The third-order valence-corrected chi connectivity index (χ3v) is 6.16. The highest BCUT2D eigenvalue weighted by molar-refractivity contribution is 6.05. The molecule has 3 aliphatic heterocycles. The first kappa shape index (κ1) is 19.1. The largest absolute Gasteiger partial charge is 0.322 e. The van der Waals surface area contributed by atoms with Gasteiger partial charge in [-0.2, -0.15) is 0 Å². The molecule has 3 N–H and O–H groups in total. The Morgan fingerprint density at radius 2 is 2.07 bits per heavy atom. The van der Waals surface area contributed by atoms with E-state index in [-0.39, 0.29) is 24.1 Å². The maximum atomic E-state index is 12.9. The highest BCUT2D eigenvalue weighted by Crippen LogP contribution is 2.29. The van der Waals surface area contributed by atoms with E-state index in [2.05, 4.69) is 28.9 Å². The smallest absolute Gasteiger partial charge is 0.255 e. The van der Waals surface area contributed by atoms with Crippen molar-refractivity contribution in [2.75, 3.05) is 13.1 Å². The number of piperidine rings is 2. The summed E-state index contributed by atoms with van der Waals surface area (Å²) < 4.78 is 0. The SMILES string of the molecule is CC1CC(CNCc2cccc3c2CN(C2CCC(=O)NC2=O)C3=O)CCN1. The Hall–Kier alpha value is -2.25. The standard InChI is InChI=1S/C21H28N4O3/c1-13-9-14(7-8-23-13)10-22-11-15-3-2-4-16-17(15)12-25(21(16)28)18-5-6-19(26)24-20(18)27/h2-4,13-14,18,22-23H,5-12H2,1H3,(H,24,26,27). The van der Waals surface area contributed by atoms with Crippen molar-refractivity contribution in [2.45, 2.75) is 57.8 Å². The molecule has 2 fully saturated rings. The van der Waals surface area contributed by atoms with Gasteiger partial charge in [-0.1, -0.05) is 12.1 Å². The Morgan fingerprint density at radius 1 is 1.21 bits per heavy atom. The van der Waals surface area contributed by atoms with Gasteiger partial charge < -0.3 is 15.5 Å². The quantitative estimate of drug-likeness (QED) is 0.657. The van der Waals surface area contributed by atoms with Crippen LogP contribution in [0, 0.1) is 5.92 Å². The van der Waals surface area contributed by atoms with Crippen LogP contribution in [-0.4, -0.2) is 47.8 Å². The summed E-state index contributed by atoms with van der Waals surface area (Å²) in [7, 11) is 0. The number of rotatable bonds is 5. The van der Waals surface area contributed by atoms with E-state index < -0.39 is 6.04 Å². The van der Waals surface area contributed by atoms with Crippen molar-refractivity contribution in [1.29, 1.82) is 0 Å². The van der Waals surface area contributed by atoms with Gasteiger partial charge in [-0.3, -0.25) is 19.7 Å². The Labute approximate surface area is 165 Å². The van der Waals surface area contributed by atoms with Crippen molar-refractivity contribution < 1.29 is 14.4 Å². The van der Waals surface area contributed by atoms with E-state index in [1.54, 1.807) is 4.90 Å². The number of hydrogen-bond acceptors (Lipinski definition) is 5. The average molecular weight is 384 g/mol. The van der Waals surface area contributed by atoms with Gasteiger partial charge in [0.1, 0.15) is 6.04 Å². The first-order valence-corrected chi connectivity index (χ1v) is 10.2. The highest BCUT2D eigenvalue weighted by Gasteiger charge is 2.39. The van der Waals surface area contributed by atoms with Gasteiger partial charge in [0.25, 0.3) is 5.91 Å². The molecule has 0 saturated carbocycles. The Bertz CT molecular complexity index is 794. The average Bonchev–Trinajstić information content (AvgIpc) is 2.99. The van der Waals surface area contributed by atoms with Gasteiger partial charge in [0.05, 0.1) is 0 Å². The van der Waals surface area contributed by atoms with E-state index in [1.807, 2.05) is 12.1 Å². The van der Waals surface area contributed by atoms with Gasteiger partial charge in [0.15, 0.2) is 0 Å². The van der Waals surface area contributed by atoms with Crippen molar-refractivity contribution in [3.63, 3.8) is 0 Å². The molecule has 2 saturated heterocycles. The number of nitrogens with one attached hydrogen (secondary N) is 3. The summed E-state index contributed by atoms with van der Waals surface area (Å²) >= 11 is 0. The molecular weight excluding hydrogens is 356 g/mol. The molecule has 150 valence electrons. The molecule has 0 radical (unpaired) electrons. The van der Waals surface area contributed by atoms with Crippen LogP contribution in [0.3, 0.4) is 0 Å². The van der Waals surface area contributed by atoms with Gasteiger partial charge in [-0.15, -0.1) is 0 Å². The normalized spacial score (nSPS) is 27.7. The Balaban J connectivity index is 1.41. The van der Waals surface area contributed by atoms with Crippen molar-refractivity contribution in [3.05, 3.63) is 34.9 Å². The molecular formula is C21H28N4O3. The third kappa shape index (κ3) is 3.82. The highest BCUT2D eigenvalue weighted by atomic mass is 16.2. The molecule has 0 aliphatic carbocycles. The molecule has 3 atom stereocenters. The lowest BCUT2D eigenvalue weighted by atomic mass is 9.93. The molecule has 3 aliphatic rings.